The van der Waals surface area contributed by atoms with E-state index in [0.717, 1.165) is 0 Å². The van der Waals surface area contributed by atoms with Gasteiger partial charge in [0.2, 0.25) is 11.8 Å². The number of imide groups is 1. The molecule has 0 bridgehead atoms. The SMILES string of the molecule is CNC(=O)NC(=O)CN1CCN(C(=O)C[C@@H](C)c2ccccc2)CC1. The molecule has 0 spiro atoms. The molecule has 0 unspecified atom stereocenters. The second-order valence-electron chi connectivity index (χ2n) is 6.30. The van der Waals surface area contributed by atoms with Gasteiger partial charge in [-0.15, -0.1) is 0 Å². The van der Waals surface area contributed by atoms with Gasteiger partial charge in [0, 0.05) is 39.6 Å². The van der Waals surface area contributed by atoms with Crippen LogP contribution in [0.5, 0.6) is 0 Å². The third-order valence-electron chi connectivity index (χ3n) is 4.42. The quantitative estimate of drug-likeness (QED) is 0.825. The summed E-state index contributed by atoms with van der Waals surface area (Å²) in [5.41, 5.74) is 1.17. The summed E-state index contributed by atoms with van der Waals surface area (Å²) in [5.74, 6) is -0.00675. The number of carbonyl (C=O) groups excluding carboxylic acids is 3. The molecular weight excluding hydrogens is 320 g/mol. The molecule has 0 aliphatic carbocycles. The first-order valence-electron chi connectivity index (χ1n) is 8.56. The third kappa shape index (κ3) is 5.86. The zero-order valence-electron chi connectivity index (χ0n) is 14.8. The molecule has 7 nitrogen and oxygen atoms in total. The van der Waals surface area contributed by atoms with Gasteiger partial charge in [-0.25, -0.2) is 4.79 Å². The van der Waals surface area contributed by atoms with Crippen LogP contribution in [0.25, 0.3) is 0 Å². The number of carbonyl (C=O) groups is 3. The molecule has 1 aliphatic rings. The summed E-state index contributed by atoms with van der Waals surface area (Å²) in [7, 11) is 1.46. The zero-order valence-corrected chi connectivity index (χ0v) is 14.8. The number of hydrogen-bond donors (Lipinski definition) is 2. The summed E-state index contributed by atoms with van der Waals surface area (Å²) in [6, 6.07) is 9.52. The molecule has 0 aromatic heterocycles. The second-order valence-corrected chi connectivity index (χ2v) is 6.30. The third-order valence-corrected chi connectivity index (χ3v) is 4.42. The van der Waals surface area contributed by atoms with E-state index in [1.54, 1.807) is 0 Å². The number of nitrogens with zero attached hydrogens (tertiary/aromatic N) is 2. The minimum atomic E-state index is -0.506. The molecule has 0 radical (unpaired) electrons. The van der Waals surface area contributed by atoms with E-state index in [4.69, 9.17) is 0 Å². The van der Waals surface area contributed by atoms with Gasteiger partial charge in [-0.3, -0.25) is 19.8 Å². The van der Waals surface area contributed by atoms with Crippen molar-refractivity contribution in [3.8, 4) is 0 Å². The Balaban J connectivity index is 1.75. The molecule has 25 heavy (non-hydrogen) atoms. The summed E-state index contributed by atoms with van der Waals surface area (Å²) in [6.07, 6.45) is 0.487. The van der Waals surface area contributed by atoms with E-state index in [1.807, 2.05) is 40.1 Å². The first-order chi connectivity index (χ1) is 12.0. The van der Waals surface area contributed by atoms with Crippen LogP contribution in [-0.2, 0) is 9.59 Å². The molecule has 2 rings (SSSR count). The number of hydrogen-bond acceptors (Lipinski definition) is 4. The number of benzene rings is 1. The van der Waals surface area contributed by atoms with Crippen LogP contribution in [0.4, 0.5) is 4.79 Å². The van der Waals surface area contributed by atoms with Crippen LogP contribution in [0, 0.1) is 0 Å². The van der Waals surface area contributed by atoms with Gasteiger partial charge < -0.3 is 10.2 Å². The van der Waals surface area contributed by atoms with Crippen LogP contribution in [0.2, 0.25) is 0 Å². The Bertz CT molecular complexity index is 598. The summed E-state index contributed by atoms with van der Waals surface area (Å²) in [6.45, 7) is 4.70. The van der Waals surface area contributed by atoms with Crippen LogP contribution < -0.4 is 10.6 Å². The van der Waals surface area contributed by atoms with Crippen molar-refractivity contribution in [3.63, 3.8) is 0 Å². The normalized spacial score (nSPS) is 16.2. The minimum absolute atomic E-state index is 0.144. The van der Waals surface area contributed by atoms with E-state index in [0.29, 0.717) is 32.6 Å². The lowest BCUT2D eigenvalue weighted by Crippen LogP contribution is -2.52. The number of rotatable bonds is 5. The fourth-order valence-electron chi connectivity index (χ4n) is 2.88. The summed E-state index contributed by atoms with van der Waals surface area (Å²) in [5, 5.41) is 4.59. The molecule has 2 N–H and O–H groups in total. The Morgan fingerprint density at radius 2 is 1.72 bits per heavy atom. The average Bonchev–Trinajstić information content (AvgIpc) is 2.62. The number of nitrogens with one attached hydrogen (secondary N) is 2. The van der Waals surface area contributed by atoms with Gasteiger partial charge in [0.15, 0.2) is 0 Å². The fraction of sp³-hybridized carbons (Fsp3) is 0.500. The highest BCUT2D eigenvalue weighted by atomic mass is 16.2. The lowest BCUT2D eigenvalue weighted by molar-refractivity contribution is -0.133. The zero-order chi connectivity index (χ0) is 18.2. The first-order valence-corrected chi connectivity index (χ1v) is 8.56. The molecular formula is C18H26N4O3. The van der Waals surface area contributed by atoms with Crippen molar-refractivity contribution in [2.24, 2.45) is 0 Å². The van der Waals surface area contributed by atoms with Crippen LogP contribution in [0.1, 0.15) is 24.8 Å². The smallest absolute Gasteiger partial charge is 0.321 e. The predicted molar refractivity (Wildman–Crippen MR) is 95.1 cm³/mol. The fourth-order valence-corrected chi connectivity index (χ4v) is 2.88. The Labute approximate surface area is 148 Å². The van der Waals surface area contributed by atoms with E-state index in [1.165, 1.54) is 12.6 Å². The van der Waals surface area contributed by atoms with Gasteiger partial charge in [-0.2, -0.15) is 0 Å². The van der Waals surface area contributed by atoms with Gasteiger partial charge in [0.1, 0.15) is 0 Å². The van der Waals surface area contributed by atoms with Crippen molar-refractivity contribution in [2.75, 3.05) is 39.8 Å². The van der Waals surface area contributed by atoms with E-state index in [-0.39, 0.29) is 24.3 Å². The molecule has 1 saturated heterocycles. The first kappa shape index (κ1) is 18.9. The maximum absolute atomic E-state index is 12.5. The minimum Gasteiger partial charge on any atom is -0.341 e. The van der Waals surface area contributed by atoms with E-state index in [2.05, 4.69) is 17.6 Å². The molecule has 7 heteroatoms. The highest BCUT2D eigenvalue weighted by Gasteiger charge is 2.24. The van der Waals surface area contributed by atoms with Crippen molar-refractivity contribution >= 4 is 17.8 Å². The van der Waals surface area contributed by atoms with Gasteiger partial charge in [-0.1, -0.05) is 37.3 Å². The Kier molecular flexibility index (Phi) is 6.94. The van der Waals surface area contributed by atoms with Gasteiger partial charge in [0.25, 0.3) is 0 Å². The largest absolute Gasteiger partial charge is 0.341 e. The Hall–Kier alpha value is -2.41. The van der Waals surface area contributed by atoms with Gasteiger partial charge in [-0.05, 0) is 11.5 Å². The maximum atomic E-state index is 12.5. The lowest BCUT2D eigenvalue weighted by Gasteiger charge is -2.34. The molecule has 1 aromatic rings. The van der Waals surface area contributed by atoms with Crippen LogP contribution in [0.15, 0.2) is 30.3 Å². The van der Waals surface area contributed by atoms with Gasteiger partial charge >= 0.3 is 6.03 Å². The van der Waals surface area contributed by atoms with Crippen molar-refractivity contribution in [1.29, 1.82) is 0 Å². The van der Waals surface area contributed by atoms with Crippen molar-refractivity contribution in [3.05, 3.63) is 35.9 Å². The van der Waals surface area contributed by atoms with Crippen LogP contribution in [-0.4, -0.2) is 67.4 Å². The van der Waals surface area contributed by atoms with E-state index >= 15 is 0 Å². The molecule has 4 amide bonds. The molecule has 1 fully saturated rings. The Morgan fingerprint density at radius 3 is 2.32 bits per heavy atom. The Morgan fingerprint density at radius 1 is 1.08 bits per heavy atom. The van der Waals surface area contributed by atoms with Crippen molar-refractivity contribution in [2.45, 2.75) is 19.3 Å². The number of amides is 4. The molecule has 1 heterocycles. The molecule has 136 valence electrons. The molecule has 1 aromatic carbocycles. The molecule has 1 aliphatic heterocycles. The standard InChI is InChI=1S/C18H26N4O3/c1-14(15-6-4-3-5-7-15)12-17(24)22-10-8-21(9-11-22)13-16(23)20-18(25)19-2/h3-7,14H,8-13H2,1-2H3,(H2,19,20,23,25)/t14-/m1/s1. The second kappa shape index (κ2) is 9.17. The summed E-state index contributed by atoms with van der Waals surface area (Å²) < 4.78 is 0. The number of urea groups is 1. The van der Waals surface area contributed by atoms with Gasteiger partial charge in [0.05, 0.1) is 6.54 Å². The van der Waals surface area contributed by atoms with Crippen LogP contribution >= 0.6 is 0 Å². The average molecular weight is 346 g/mol. The summed E-state index contributed by atoms with van der Waals surface area (Å²) in [4.78, 5) is 39.1. The predicted octanol–water partition coefficient (Wildman–Crippen LogP) is 0.780. The van der Waals surface area contributed by atoms with E-state index < -0.39 is 6.03 Å². The molecule has 1 atom stereocenters. The van der Waals surface area contributed by atoms with Crippen LogP contribution in [0.3, 0.4) is 0 Å². The summed E-state index contributed by atoms with van der Waals surface area (Å²) >= 11 is 0. The highest BCUT2D eigenvalue weighted by molar-refractivity contribution is 5.95. The maximum Gasteiger partial charge on any atom is 0.321 e. The number of piperazine rings is 1. The van der Waals surface area contributed by atoms with Crippen molar-refractivity contribution in [1.82, 2.24) is 20.4 Å². The topological polar surface area (TPSA) is 81.8 Å². The highest BCUT2D eigenvalue weighted by Crippen LogP contribution is 2.20. The van der Waals surface area contributed by atoms with Crippen molar-refractivity contribution < 1.29 is 14.4 Å². The molecule has 0 saturated carbocycles. The monoisotopic (exact) mass is 346 g/mol. The lowest BCUT2D eigenvalue weighted by atomic mass is 9.97. The van der Waals surface area contributed by atoms with E-state index in [9.17, 15) is 14.4 Å².